The number of hydrogen-bond donors (Lipinski definition) is 2. The third-order valence-corrected chi connectivity index (χ3v) is 2.63. The number of imide groups is 1. The van der Waals surface area contributed by atoms with E-state index in [9.17, 15) is 9.59 Å². The van der Waals surface area contributed by atoms with Crippen LogP contribution >= 0.6 is 0 Å². The molecule has 0 aliphatic carbocycles. The molecule has 17 heavy (non-hydrogen) atoms. The van der Waals surface area contributed by atoms with E-state index in [2.05, 4.69) is 10.3 Å². The first-order chi connectivity index (χ1) is 7.90. The van der Waals surface area contributed by atoms with Gasteiger partial charge >= 0.3 is 6.03 Å². The van der Waals surface area contributed by atoms with E-state index in [1.54, 1.807) is 32.2 Å². The minimum absolute atomic E-state index is 0.210. The summed E-state index contributed by atoms with van der Waals surface area (Å²) < 4.78 is 0. The zero-order valence-electron chi connectivity index (χ0n) is 9.73. The molecule has 2 heterocycles. The normalized spacial score (nSPS) is 18.4. The second-order valence-electron chi connectivity index (χ2n) is 4.54. The first-order valence-corrected chi connectivity index (χ1v) is 5.25. The number of carbonyl (C=O) groups is 2. The lowest BCUT2D eigenvalue weighted by Crippen LogP contribution is -2.40. The van der Waals surface area contributed by atoms with Gasteiger partial charge < -0.3 is 11.1 Å². The average molecular weight is 234 g/mol. The minimum Gasteiger partial charge on any atom is -0.384 e. The van der Waals surface area contributed by atoms with Crippen LogP contribution in [0.25, 0.3) is 0 Å². The van der Waals surface area contributed by atoms with Crippen LogP contribution in [0.3, 0.4) is 0 Å². The fourth-order valence-electron chi connectivity index (χ4n) is 1.67. The number of aromatic nitrogens is 1. The molecule has 1 aliphatic heterocycles. The van der Waals surface area contributed by atoms with E-state index in [0.29, 0.717) is 5.82 Å². The lowest BCUT2D eigenvalue weighted by Gasteiger charge is -2.15. The van der Waals surface area contributed by atoms with Crippen LogP contribution in [-0.4, -0.2) is 27.4 Å². The Morgan fingerprint density at radius 2 is 2.12 bits per heavy atom. The quantitative estimate of drug-likeness (QED) is 0.729. The van der Waals surface area contributed by atoms with Gasteiger partial charge in [0.05, 0.1) is 6.54 Å². The molecular weight excluding hydrogens is 220 g/mol. The van der Waals surface area contributed by atoms with Crippen molar-refractivity contribution in [2.45, 2.75) is 25.9 Å². The van der Waals surface area contributed by atoms with E-state index in [1.165, 1.54) is 4.90 Å². The monoisotopic (exact) mass is 234 g/mol. The number of nitrogen functional groups attached to an aromatic ring is 1. The summed E-state index contributed by atoms with van der Waals surface area (Å²) in [5.41, 5.74) is 5.39. The molecular formula is C11H14N4O2. The third kappa shape index (κ3) is 2.06. The summed E-state index contributed by atoms with van der Waals surface area (Å²) in [6.07, 6.45) is 1.56. The maximum atomic E-state index is 11.9. The largest absolute Gasteiger partial charge is 0.384 e. The number of nitrogens with zero attached hydrogens (tertiary/aromatic N) is 2. The zero-order chi connectivity index (χ0) is 12.6. The van der Waals surface area contributed by atoms with Crippen LogP contribution in [0.15, 0.2) is 18.3 Å². The Kier molecular flexibility index (Phi) is 2.49. The summed E-state index contributed by atoms with van der Waals surface area (Å²) >= 11 is 0. The summed E-state index contributed by atoms with van der Waals surface area (Å²) in [6.45, 7) is 3.56. The Bertz CT molecular complexity index is 467. The number of nitrogens with one attached hydrogen (secondary N) is 1. The number of hydrogen-bond acceptors (Lipinski definition) is 4. The van der Waals surface area contributed by atoms with Crippen molar-refractivity contribution < 1.29 is 9.59 Å². The van der Waals surface area contributed by atoms with Crippen molar-refractivity contribution in [1.82, 2.24) is 15.2 Å². The van der Waals surface area contributed by atoms with Crippen molar-refractivity contribution in [3.8, 4) is 0 Å². The highest BCUT2D eigenvalue weighted by atomic mass is 16.2. The fraction of sp³-hybridized carbons (Fsp3) is 0.364. The summed E-state index contributed by atoms with van der Waals surface area (Å²) in [4.78, 5) is 28.6. The molecule has 6 nitrogen and oxygen atoms in total. The van der Waals surface area contributed by atoms with Gasteiger partial charge in [-0.25, -0.2) is 9.78 Å². The third-order valence-electron chi connectivity index (χ3n) is 2.63. The molecule has 1 saturated heterocycles. The molecule has 3 amide bonds. The summed E-state index contributed by atoms with van der Waals surface area (Å²) in [7, 11) is 0. The van der Waals surface area contributed by atoms with Gasteiger partial charge in [-0.1, -0.05) is 6.07 Å². The van der Waals surface area contributed by atoms with Crippen LogP contribution in [0, 0.1) is 0 Å². The predicted octanol–water partition coefficient (Wildman–Crippen LogP) is 0.494. The summed E-state index contributed by atoms with van der Waals surface area (Å²) in [5.74, 6) is 0.172. The van der Waals surface area contributed by atoms with Gasteiger partial charge in [0.2, 0.25) is 0 Å². The first kappa shape index (κ1) is 11.4. The second-order valence-corrected chi connectivity index (χ2v) is 4.54. The SMILES string of the molecule is CC1(C)NC(=O)N(Cc2ccc(N)nc2)C1=O. The smallest absolute Gasteiger partial charge is 0.325 e. The number of amides is 3. The van der Waals surface area contributed by atoms with Crippen LogP contribution < -0.4 is 11.1 Å². The highest BCUT2D eigenvalue weighted by molar-refractivity contribution is 6.06. The van der Waals surface area contributed by atoms with Crippen LogP contribution in [0.4, 0.5) is 10.6 Å². The van der Waals surface area contributed by atoms with E-state index in [-0.39, 0.29) is 18.5 Å². The van der Waals surface area contributed by atoms with Crippen molar-refractivity contribution in [3.05, 3.63) is 23.9 Å². The lowest BCUT2D eigenvalue weighted by atomic mass is 10.1. The highest BCUT2D eigenvalue weighted by Crippen LogP contribution is 2.19. The van der Waals surface area contributed by atoms with Crippen LogP contribution in [0.2, 0.25) is 0 Å². The van der Waals surface area contributed by atoms with Gasteiger partial charge in [-0.05, 0) is 25.5 Å². The molecule has 6 heteroatoms. The molecule has 90 valence electrons. The number of urea groups is 1. The fourth-order valence-corrected chi connectivity index (χ4v) is 1.67. The van der Waals surface area contributed by atoms with E-state index in [0.717, 1.165) is 5.56 Å². The van der Waals surface area contributed by atoms with E-state index in [4.69, 9.17) is 5.73 Å². The average Bonchev–Trinajstić information content (AvgIpc) is 2.44. The number of nitrogens with two attached hydrogens (primary N) is 1. The Morgan fingerprint density at radius 1 is 1.41 bits per heavy atom. The maximum Gasteiger partial charge on any atom is 0.325 e. The predicted molar refractivity (Wildman–Crippen MR) is 61.8 cm³/mol. The van der Waals surface area contributed by atoms with E-state index >= 15 is 0 Å². The Balaban J connectivity index is 2.17. The Hall–Kier alpha value is -2.11. The first-order valence-electron chi connectivity index (χ1n) is 5.25. The van der Waals surface area contributed by atoms with Gasteiger partial charge in [0.15, 0.2) is 0 Å². The second kappa shape index (κ2) is 3.73. The zero-order valence-corrected chi connectivity index (χ0v) is 9.73. The summed E-state index contributed by atoms with van der Waals surface area (Å²) in [6, 6.07) is 3.00. The molecule has 0 bridgehead atoms. The molecule has 0 radical (unpaired) electrons. The molecule has 1 aromatic rings. The number of anilines is 1. The van der Waals surface area contributed by atoms with Crippen molar-refractivity contribution in [3.63, 3.8) is 0 Å². The molecule has 0 spiro atoms. The molecule has 3 N–H and O–H groups in total. The molecule has 1 fully saturated rings. The topological polar surface area (TPSA) is 88.3 Å². The lowest BCUT2D eigenvalue weighted by molar-refractivity contribution is -0.130. The number of carbonyl (C=O) groups excluding carboxylic acids is 2. The van der Waals surface area contributed by atoms with E-state index < -0.39 is 5.54 Å². The van der Waals surface area contributed by atoms with Crippen molar-refractivity contribution in [1.29, 1.82) is 0 Å². The molecule has 1 aromatic heterocycles. The van der Waals surface area contributed by atoms with Crippen LogP contribution in [-0.2, 0) is 11.3 Å². The minimum atomic E-state index is -0.835. The van der Waals surface area contributed by atoms with Crippen molar-refractivity contribution in [2.24, 2.45) is 0 Å². The highest BCUT2D eigenvalue weighted by Gasteiger charge is 2.43. The molecule has 0 aromatic carbocycles. The van der Waals surface area contributed by atoms with Crippen LogP contribution in [0.5, 0.6) is 0 Å². The van der Waals surface area contributed by atoms with Crippen LogP contribution in [0.1, 0.15) is 19.4 Å². The van der Waals surface area contributed by atoms with Crippen molar-refractivity contribution in [2.75, 3.05) is 5.73 Å². The molecule has 2 rings (SSSR count). The van der Waals surface area contributed by atoms with Gasteiger partial charge in [0.25, 0.3) is 5.91 Å². The number of rotatable bonds is 2. The standard InChI is InChI=1S/C11H14N4O2/c1-11(2)9(16)15(10(17)14-11)6-7-3-4-8(12)13-5-7/h3-5H,6H2,1-2H3,(H2,12,13)(H,14,17). The van der Waals surface area contributed by atoms with Gasteiger partial charge in [0, 0.05) is 6.20 Å². The van der Waals surface area contributed by atoms with Gasteiger partial charge in [-0.2, -0.15) is 0 Å². The van der Waals surface area contributed by atoms with Gasteiger partial charge in [-0.3, -0.25) is 9.69 Å². The molecule has 0 unspecified atom stereocenters. The molecule has 1 aliphatic rings. The van der Waals surface area contributed by atoms with Gasteiger partial charge in [-0.15, -0.1) is 0 Å². The van der Waals surface area contributed by atoms with E-state index in [1.807, 2.05) is 0 Å². The number of pyridine rings is 1. The molecule has 0 saturated carbocycles. The van der Waals surface area contributed by atoms with Crippen molar-refractivity contribution >= 4 is 17.8 Å². The Labute approximate surface area is 98.8 Å². The molecule has 0 atom stereocenters. The maximum absolute atomic E-state index is 11.9. The van der Waals surface area contributed by atoms with Gasteiger partial charge in [0.1, 0.15) is 11.4 Å². The Morgan fingerprint density at radius 3 is 2.59 bits per heavy atom. The summed E-state index contributed by atoms with van der Waals surface area (Å²) in [5, 5.41) is 2.62.